The minimum atomic E-state index is -0.579. The van der Waals surface area contributed by atoms with Crippen LogP contribution in [0, 0.1) is 0 Å². The lowest BCUT2D eigenvalue weighted by molar-refractivity contribution is 0.463. The van der Waals surface area contributed by atoms with E-state index in [-0.39, 0.29) is 10.8 Å². The first kappa shape index (κ1) is 7.35. The average molecular weight is 161 g/mol. The minimum absolute atomic E-state index is 0.0724. The van der Waals surface area contributed by atoms with E-state index in [9.17, 15) is 4.39 Å². The largest absolute Gasteiger partial charge is 0.506 e. The van der Waals surface area contributed by atoms with Gasteiger partial charge < -0.3 is 5.11 Å². The number of benzene rings is 1. The lowest BCUT2D eigenvalue weighted by atomic mass is 10.2. The Balaban J connectivity index is 3.04. The molecule has 0 aliphatic heterocycles. The van der Waals surface area contributed by atoms with E-state index in [1.165, 1.54) is 18.2 Å². The Bertz CT molecular complexity index is 237. The van der Waals surface area contributed by atoms with Crippen molar-refractivity contribution in [3.63, 3.8) is 0 Å². The third-order valence-corrected chi connectivity index (χ3v) is 1.48. The quantitative estimate of drug-likeness (QED) is 0.669. The Morgan fingerprint density at radius 1 is 1.50 bits per heavy atom. The first-order valence-corrected chi connectivity index (χ1v) is 3.15. The Labute approximate surface area is 63.1 Å². The molecule has 0 bridgehead atoms. The summed E-state index contributed by atoms with van der Waals surface area (Å²) in [5.41, 5.74) is 0.432. The fourth-order valence-electron chi connectivity index (χ4n) is 0.641. The van der Waals surface area contributed by atoms with E-state index in [0.29, 0.717) is 5.56 Å². The molecule has 1 rings (SSSR count). The van der Waals surface area contributed by atoms with Crippen molar-refractivity contribution < 1.29 is 9.50 Å². The lowest BCUT2D eigenvalue weighted by Crippen LogP contribution is -1.76. The molecule has 1 aromatic rings. The van der Waals surface area contributed by atoms with Crippen molar-refractivity contribution in [1.29, 1.82) is 0 Å². The van der Waals surface area contributed by atoms with Crippen molar-refractivity contribution in [1.82, 2.24) is 0 Å². The van der Waals surface area contributed by atoms with Crippen LogP contribution in [0.15, 0.2) is 18.2 Å². The average Bonchev–Trinajstić information content (AvgIpc) is 1.95. The zero-order valence-corrected chi connectivity index (χ0v) is 5.90. The Kier molecular flexibility index (Phi) is 2.12. The van der Waals surface area contributed by atoms with E-state index in [4.69, 9.17) is 16.7 Å². The highest BCUT2D eigenvalue weighted by Gasteiger charge is 1.97. The van der Waals surface area contributed by atoms with E-state index in [2.05, 4.69) is 0 Å². The maximum Gasteiger partial charge on any atom is 0.134 e. The number of aromatic hydroxyl groups is 1. The van der Waals surface area contributed by atoms with Gasteiger partial charge in [-0.05, 0) is 17.7 Å². The van der Waals surface area contributed by atoms with Crippen molar-refractivity contribution in [2.75, 3.05) is 0 Å². The third kappa shape index (κ3) is 1.39. The molecular weight excluding hydrogens is 155 g/mol. The molecular formula is C7H6ClFO. The standard InChI is InChI=1S/C7H6ClFO/c8-6-2-1-5(4-9)3-7(6)10/h1-3,10H,4H2. The molecule has 0 saturated heterocycles. The van der Waals surface area contributed by atoms with Gasteiger partial charge in [-0.25, -0.2) is 4.39 Å². The molecule has 0 heterocycles. The van der Waals surface area contributed by atoms with Crippen molar-refractivity contribution in [2.45, 2.75) is 6.67 Å². The molecule has 0 aromatic heterocycles. The summed E-state index contributed by atoms with van der Waals surface area (Å²) in [5.74, 6) is -0.0724. The summed E-state index contributed by atoms with van der Waals surface area (Å²) < 4.78 is 11.9. The van der Waals surface area contributed by atoms with E-state index in [0.717, 1.165) is 0 Å². The molecule has 0 radical (unpaired) electrons. The summed E-state index contributed by atoms with van der Waals surface area (Å²) >= 11 is 5.47. The fraction of sp³-hybridized carbons (Fsp3) is 0.143. The third-order valence-electron chi connectivity index (χ3n) is 1.16. The number of halogens is 2. The van der Waals surface area contributed by atoms with Crippen LogP contribution in [0.2, 0.25) is 5.02 Å². The van der Waals surface area contributed by atoms with Gasteiger partial charge in [-0.1, -0.05) is 17.7 Å². The summed E-state index contributed by atoms with van der Waals surface area (Å²) in [7, 11) is 0. The molecule has 0 saturated carbocycles. The molecule has 10 heavy (non-hydrogen) atoms. The van der Waals surface area contributed by atoms with E-state index >= 15 is 0 Å². The highest BCUT2D eigenvalue weighted by Crippen LogP contribution is 2.23. The number of phenolic OH excluding ortho intramolecular Hbond substituents is 1. The molecule has 1 nitrogen and oxygen atoms in total. The minimum Gasteiger partial charge on any atom is -0.506 e. The molecule has 0 spiro atoms. The van der Waals surface area contributed by atoms with Crippen LogP contribution in [0.5, 0.6) is 5.75 Å². The molecule has 54 valence electrons. The molecule has 1 aromatic carbocycles. The normalized spacial score (nSPS) is 9.80. The zero-order valence-electron chi connectivity index (χ0n) is 5.14. The number of hydrogen-bond donors (Lipinski definition) is 1. The predicted octanol–water partition coefficient (Wildman–Crippen LogP) is 2.52. The number of phenols is 1. The van der Waals surface area contributed by atoms with Crippen molar-refractivity contribution in [2.24, 2.45) is 0 Å². The smallest absolute Gasteiger partial charge is 0.134 e. The van der Waals surface area contributed by atoms with E-state index in [1.807, 2.05) is 0 Å². The lowest BCUT2D eigenvalue weighted by Gasteiger charge is -1.96. The second kappa shape index (κ2) is 2.88. The SMILES string of the molecule is Oc1cc(CF)ccc1Cl. The van der Waals surface area contributed by atoms with Gasteiger partial charge in [0.25, 0.3) is 0 Å². The molecule has 3 heteroatoms. The van der Waals surface area contributed by atoms with Gasteiger partial charge >= 0.3 is 0 Å². The maximum absolute atomic E-state index is 11.9. The van der Waals surface area contributed by atoms with Crippen LogP contribution in [0.25, 0.3) is 0 Å². The van der Waals surface area contributed by atoms with Gasteiger partial charge in [-0.15, -0.1) is 0 Å². The molecule has 0 aliphatic rings. The fourth-order valence-corrected chi connectivity index (χ4v) is 0.759. The van der Waals surface area contributed by atoms with Gasteiger partial charge in [0.1, 0.15) is 12.4 Å². The van der Waals surface area contributed by atoms with Crippen LogP contribution in [-0.2, 0) is 6.67 Å². The number of alkyl halides is 1. The van der Waals surface area contributed by atoms with Crippen LogP contribution in [0.4, 0.5) is 4.39 Å². The van der Waals surface area contributed by atoms with Crippen molar-refractivity contribution >= 4 is 11.6 Å². The Hall–Kier alpha value is -0.760. The first-order valence-electron chi connectivity index (χ1n) is 2.77. The number of rotatable bonds is 1. The Morgan fingerprint density at radius 2 is 2.20 bits per heavy atom. The second-order valence-corrected chi connectivity index (χ2v) is 2.33. The van der Waals surface area contributed by atoms with Crippen molar-refractivity contribution in [3.8, 4) is 5.75 Å². The molecule has 0 aliphatic carbocycles. The van der Waals surface area contributed by atoms with Crippen LogP contribution in [0.1, 0.15) is 5.56 Å². The van der Waals surface area contributed by atoms with Gasteiger partial charge in [0.15, 0.2) is 0 Å². The summed E-state index contributed by atoms with van der Waals surface area (Å²) in [5, 5.41) is 9.18. The van der Waals surface area contributed by atoms with Crippen LogP contribution < -0.4 is 0 Å². The molecule has 0 amide bonds. The topological polar surface area (TPSA) is 20.2 Å². The summed E-state index contributed by atoms with van der Waals surface area (Å²) in [6, 6.07) is 4.30. The highest BCUT2D eigenvalue weighted by atomic mass is 35.5. The highest BCUT2D eigenvalue weighted by molar-refractivity contribution is 6.31. The molecule has 0 fully saturated rings. The summed E-state index contributed by atoms with van der Waals surface area (Å²) in [4.78, 5) is 0. The van der Waals surface area contributed by atoms with E-state index in [1.54, 1.807) is 0 Å². The Morgan fingerprint density at radius 3 is 2.70 bits per heavy atom. The molecule has 0 atom stereocenters. The molecule has 0 unspecified atom stereocenters. The summed E-state index contributed by atoms with van der Waals surface area (Å²) in [6.07, 6.45) is 0. The monoisotopic (exact) mass is 160 g/mol. The predicted molar refractivity (Wildman–Crippen MR) is 37.9 cm³/mol. The first-order chi connectivity index (χ1) is 4.74. The van der Waals surface area contributed by atoms with Gasteiger partial charge in [0, 0.05) is 0 Å². The van der Waals surface area contributed by atoms with Crippen LogP contribution >= 0.6 is 11.6 Å². The molecule has 1 N–H and O–H groups in total. The number of hydrogen-bond acceptors (Lipinski definition) is 1. The zero-order chi connectivity index (χ0) is 7.56. The van der Waals surface area contributed by atoms with Gasteiger partial charge in [-0.2, -0.15) is 0 Å². The van der Waals surface area contributed by atoms with Gasteiger partial charge in [0.2, 0.25) is 0 Å². The van der Waals surface area contributed by atoms with Crippen LogP contribution in [0.3, 0.4) is 0 Å². The maximum atomic E-state index is 11.9. The van der Waals surface area contributed by atoms with Crippen molar-refractivity contribution in [3.05, 3.63) is 28.8 Å². The van der Waals surface area contributed by atoms with E-state index < -0.39 is 6.67 Å². The van der Waals surface area contributed by atoms with Gasteiger partial charge in [0.05, 0.1) is 5.02 Å². The second-order valence-electron chi connectivity index (χ2n) is 1.92. The van der Waals surface area contributed by atoms with Gasteiger partial charge in [-0.3, -0.25) is 0 Å². The summed E-state index contributed by atoms with van der Waals surface area (Å²) in [6.45, 7) is -0.579. The van der Waals surface area contributed by atoms with Crippen LogP contribution in [-0.4, -0.2) is 5.11 Å².